The fraction of sp³-hybridized carbons (Fsp3) is 0.947. The van der Waals surface area contributed by atoms with Crippen LogP contribution in [0.15, 0.2) is 0 Å². The largest absolute Gasteiger partial charge is 0.299 e. The molecule has 3 fully saturated rings. The van der Waals surface area contributed by atoms with Crippen LogP contribution in [0.5, 0.6) is 0 Å². The van der Waals surface area contributed by atoms with Gasteiger partial charge in [0.25, 0.3) is 0 Å². The van der Waals surface area contributed by atoms with Crippen molar-refractivity contribution in [2.75, 3.05) is 0 Å². The van der Waals surface area contributed by atoms with Crippen LogP contribution in [-0.4, -0.2) is 5.78 Å². The molecule has 0 radical (unpaired) electrons. The molecule has 0 aromatic heterocycles. The fourth-order valence-corrected chi connectivity index (χ4v) is 6.03. The molecule has 0 unspecified atom stereocenters. The molecule has 3 aliphatic rings. The Hall–Kier alpha value is -0.330. The Morgan fingerprint density at radius 2 is 1.85 bits per heavy atom. The van der Waals surface area contributed by atoms with E-state index in [1.807, 2.05) is 0 Å². The minimum atomic E-state index is 0.0173. The normalized spacial score (nSPS) is 52.3. The third-order valence-corrected chi connectivity index (χ3v) is 7.90. The molecule has 5 atom stereocenters. The lowest BCUT2D eigenvalue weighted by Crippen LogP contribution is -2.56. The summed E-state index contributed by atoms with van der Waals surface area (Å²) in [4.78, 5) is 12.6. The van der Waals surface area contributed by atoms with Crippen molar-refractivity contribution in [2.24, 2.45) is 28.1 Å². The van der Waals surface area contributed by atoms with Gasteiger partial charge in [-0.1, -0.05) is 34.1 Å². The van der Waals surface area contributed by atoms with E-state index in [4.69, 9.17) is 0 Å². The number of rotatable bonds is 1. The third-order valence-electron chi connectivity index (χ3n) is 7.90. The second-order valence-corrected chi connectivity index (χ2v) is 8.90. The maximum absolute atomic E-state index is 12.6. The summed E-state index contributed by atoms with van der Waals surface area (Å²) in [6, 6.07) is 0. The Bertz CT molecular complexity index is 414. The monoisotopic (exact) mass is 276 g/mol. The number of ketones is 1. The summed E-state index contributed by atoms with van der Waals surface area (Å²) in [7, 11) is 0. The molecule has 1 nitrogen and oxygen atoms in total. The van der Waals surface area contributed by atoms with Crippen LogP contribution in [0, 0.1) is 28.1 Å². The molecular weight excluding hydrogens is 244 g/mol. The Kier molecular flexibility index (Phi) is 3.34. The maximum Gasteiger partial charge on any atom is 0.139 e. The Labute approximate surface area is 124 Å². The molecule has 3 saturated carbocycles. The van der Waals surface area contributed by atoms with Crippen LogP contribution < -0.4 is 0 Å². The fourth-order valence-electron chi connectivity index (χ4n) is 6.03. The molecule has 3 aliphatic carbocycles. The SMILES string of the molecule is CC[C@@]1(C)CC[C@]2(C)[C@H](CC[C@]3(C)C(=O)CCC[C@@H]23)C1. The summed E-state index contributed by atoms with van der Waals surface area (Å²) in [6.45, 7) is 9.69. The highest BCUT2D eigenvalue weighted by atomic mass is 16.1. The first-order valence-corrected chi connectivity index (χ1v) is 8.87. The lowest BCUT2D eigenvalue weighted by molar-refractivity contribution is -0.158. The van der Waals surface area contributed by atoms with Crippen molar-refractivity contribution in [3.8, 4) is 0 Å². The van der Waals surface area contributed by atoms with E-state index in [9.17, 15) is 4.79 Å². The number of Topliss-reactive ketones (excluding diaryl/α,β-unsaturated/α-hetero) is 1. The van der Waals surface area contributed by atoms with Gasteiger partial charge in [0, 0.05) is 11.8 Å². The van der Waals surface area contributed by atoms with Crippen LogP contribution in [0.1, 0.15) is 85.5 Å². The first kappa shape index (κ1) is 14.6. The molecule has 0 aliphatic heterocycles. The quantitative estimate of drug-likeness (QED) is 0.628. The van der Waals surface area contributed by atoms with Gasteiger partial charge >= 0.3 is 0 Å². The second kappa shape index (κ2) is 4.58. The van der Waals surface area contributed by atoms with Crippen LogP contribution >= 0.6 is 0 Å². The zero-order valence-electron chi connectivity index (χ0n) is 13.9. The highest BCUT2D eigenvalue weighted by molar-refractivity contribution is 5.85. The zero-order valence-corrected chi connectivity index (χ0v) is 13.9. The first-order chi connectivity index (χ1) is 9.34. The van der Waals surface area contributed by atoms with Crippen LogP contribution in [0.4, 0.5) is 0 Å². The minimum Gasteiger partial charge on any atom is -0.299 e. The molecule has 1 heteroatoms. The highest BCUT2D eigenvalue weighted by Gasteiger charge is 2.59. The Morgan fingerprint density at radius 3 is 2.55 bits per heavy atom. The van der Waals surface area contributed by atoms with Gasteiger partial charge in [0.05, 0.1) is 0 Å². The second-order valence-electron chi connectivity index (χ2n) is 8.90. The van der Waals surface area contributed by atoms with Gasteiger partial charge in [-0.15, -0.1) is 0 Å². The van der Waals surface area contributed by atoms with Gasteiger partial charge in [-0.25, -0.2) is 0 Å². The average Bonchev–Trinajstić information content (AvgIpc) is 2.43. The smallest absolute Gasteiger partial charge is 0.139 e. The molecule has 0 saturated heterocycles. The number of carbonyl (C=O) groups is 1. The molecule has 0 aromatic carbocycles. The molecular formula is C19H32O. The number of hydrogen-bond acceptors (Lipinski definition) is 1. The summed E-state index contributed by atoms with van der Waals surface area (Å²) in [6.07, 6.45) is 11.2. The molecule has 0 amide bonds. The summed E-state index contributed by atoms with van der Waals surface area (Å²) in [5.74, 6) is 2.11. The van der Waals surface area contributed by atoms with E-state index in [1.165, 1.54) is 38.5 Å². The summed E-state index contributed by atoms with van der Waals surface area (Å²) in [5, 5.41) is 0. The lowest BCUT2D eigenvalue weighted by atomic mass is 9.42. The van der Waals surface area contributed by atoms with Gasteiger partial charge in [0.2, 0.25) is 0 Å². The van der Waals surface area contributed by atoms with Gasteiger partial charge in [0.1, 0.15) is 5.78 Å². The summed E-state index contributed by atoms with van der Waals surface area (Å²) in [5.41, 5.74) is 1.03. The van der Waals surface area contributed by atoms with Crippen molar-refractivity contribution in [1.82, 2.24) is 0 Å². The predicted molar refractivity (Wildman–Crippen MR) is 83.5 cm³/mol. The van der Waals surface area contributed by atoms with Crippen molar-refractivity contribution in [1.29, 1.82) is 0 Å². The first-order valence-electron chi connectivity index (χ1n) is 8.87. The van der Waals surface area contributed by atoms with Crippen molar-refractivity contribution in [3.63, 3.8) is 0 Å². The van der Waals surface area contributed by atoms with Crippen molar-refractivity contribution in [2.45, 2.75) is 85.5 Å². The van der Waals surface area contributed by atoms with Crippen LogP contribution in [-0.2, 0) is 4.79 Å². The molecule has 0 aromatic rings. The number of hydrogen-bond donors (Lipinski definition) is 0. The molecule has 3 rings (SSSR count). The molecule has 0 N–H and O–H groups in total. The number of carbonyl (C=O) groups excluding carboxylic acids is 1. The lowest BCUT2D eigenvalue weighted by Gasteiger charge is -2.61. The Morgan fingerprint density at radius 1 is 1.10 bits per heavy atom. The highest BCUT2D eigenvalue weighted by Crippen LogP contribution is 2.65. The van der Waals surface area contributed by atoms with E-state index in [1.54, 1.807) is 0 Å². The van der Waals surface area contributed by atoms with Crippen LogP contribution in [0.25, 0.3) is 0 Å². The van der Waals surface area contributed by atoms with E-state index in [2.05, 4.69) is 27.7 Å². The van der Waals surface area contributed by atoms with Crippen molar-refractivity contribution in [3.05, 3.63) is 0 Å². The van der Waals surface area contributed by atoms with Gasteiger partial charge < -0.3 is 0 Å². The van der Waals surface area contributed by atoms with E-state index in [0.29, 0.717) is 22.5 Å². The van der Waals surface area contributed by atoms with E-state index >= 15 is 0 Å². The molecule has 114 valence electrons. The Balaban J connectivity index is 1.90. The summed E-state index contributed by atoms with van der Waals surface area (Å²) >= 11 is 0. The third kappa shape index (κ3) is 1.91. The van der Waals surface area contributed by atoms with Gasteiger partial charge in [-0.3, -0.25) is 4.79 Å². The number of fused-ring (bicyclic) bond motifs is 3. The van der Waals surface area contributed by atoms with Gasteiger partial charge in [-0.05, 0) is 67.6 Å². The topological polar surface area (TPSA) is 17.1 Å². The van der Waals surface area contributed by atoms with Crippen molar-refractivity contribution < 1.29 is 4.79 Å². The van der Waals surface area contributed by atoms with Gasteiger partial charge in [0.15, 0.2) is 0 Å². The predicted octanol–water partition coefficient (Wildman–Crippen LogP) is 5.38. The van der Waals surface area contributed by atoms with Crippen LogP contribution in [0.3, 0.4) is 0 Å². The van der Waals surface area contributed by atoms with E-state index in [-0.39, 0.29) is 5.41 Å². The molecule has 0 spiro atoms. The maximum atomic E-state index is 12.6. The average molecular weight is 276 g/mol. The molecule has 0 bridgehead atoms. The molecule has 20 heavy (non-hydrogen) atoms. The van der Waals surface area contributed by atoms with Gasteiger partial charge in [-0.2, -0.15) is 0 Å². The van der Waals surface area contributed by atoms with E-state index < -0.39 is 0 Å². The standard InChI is InChI=1S/C19H32O/c1-5-17(2)11-12-18(3)14(13-17)9-10-19(4)15(18)7-6-8-16(19)20/h14-15H,5-13H2,1-4H3/t14-,15+,17+,18-,19+/m1/s1. The summed E-state index contributed by atoms with van der Waals surface area (Å²) < 4.78 is 0. The zero-order chi connectivity index (χ0) is 14.6. The minimum absolute atomic E-state index is 0.0173. The van der Waals surface area contributed by atoms with E-state index in [0.717, 1.165) is 25.2 Å². The van der Waals surface area contributed by atoms with Crippen molar-refractivity contribution >= 4 is 5.78 Å². The van der Waals surface area contributed by atoms with Crippen LogP contribution in [0.2, 0.25) is 0 Å². The molecule has 0 heterocycles.